The summed E-state index contributed by atoms with van der Waals surface area (Å²) in [6.07, 6.45) is 6.18. The SMILES string of the molecule is CC(=O)N(C)c1cnn(-c2cncnc2Cl)c1. The predicted octanol–water partition coefficient (Wildman–Crippen LogP) is 1.30. The fraction of sp³-hybridized carbons (Fsp3) is 0.200. The number of nitrogens with zero attached hydrogens (tertiary/aromatic N) is 5. The zero-order chi connectivity index (χ0) is 12.4. The lowest BCUT2D eigenvalue weighted by Gasteiger charge is -2.10. The van der Waals surface area contributed by atoms with Crippen LogP contribution < -0.4 is 4.90 Å². The summed E-state index contributed by atoms with van der Waals surface area (Å²) >= 11 is 5.92. The first kappa shape index (κ1) is 11.5. The number of carbonyl (C=O) groups is 1. The molecule has 0 aromatic carbocycles. The predicted molar refractivity (Wildman–Crippen MR) is 63.2 cm³/mol. The van der Waals surface area contributed by atoms with E-state index in [0.717, 1.165) is 0 Å². The van der Waals surface area contributed by atoms with Crippen molar-refractivity contribution in [3.05, 3.63) is 30.1 Å². The van der Waals surface area contributed by atoms with Gasteiger partial charge >= 0.3 is 0 Å². The minimum absolute atomic E-state index is 0.0695. The van der Waals surface area contributed by atoms with Crippen LogP contribution >= 0.6 is 11.6 Å². The van der Waals surface area contributed by atoms with Gasteiger partial charge in [0.25, 0.3) is 0 Å². The van der Waals surface area contributed by atoms with E-state index in [0.29, 0.717) is 16.5 Å². The van der Waals surface area contributed by atoms with E-state index in [1.165, 1.54) is 22.8 Å². The van der Waals surface area contributed by atoms with E-state index in [1.807, 2.05) is 0 Å². The molecule has 0 saturated heterocycles. The molecule has 0 bridgehead atoms. The van der Waals surface area contributed by atoms with Crippen LogP contribution in [0.15, 0.2) is 24.9 Å². The van der Waals surface area contributed by atoms with Crippen molar-refractivity contribution in [2.24, 2.45) is 0 Å². The van der Waals surface area contributed by atoms with Crippen LogP contribution in [0.5, 0.6) is 0 Å². The van der Waals surface area contributed by atoms with Crippen molar-refractivity contribution in [1.29, 1.82) is 0 Å². The van der Waals surface area contributed by atoms with Crippen molar-refractivity contribution in [3.63, 3.8) is 0 Å². The molecule has 0 unspecified atom stereocenters. The molecule has 7 heteroatoms. The van der Waals surface area contributed by atoms with Crippen LogP contribution in [0.25, 0.3) is 5.69 Å². The Morgan fingerprint density at radius 1 is 1.47 bits per heavy atom. The number of rotatable bonds is 2. The van der Waals surface area contributed by atoms with Crippen molar-refractivity contribution in [2.75, 3.05) is 11.9 Å². The van der Waals surface area contributed by atoms with E-state index in [-0.39, 0.29) is 5.91 Å². The van der Waals surface area contributed by atoms with Gasteiger partial charge in [-0.3, -0.25) is 4.79 Å². The molecule has 2 rings (SSSR count). The Kier molecular flexibility index (Phi) is 3.06. The molecular weight excluding hydrogens is 242 g/mol. The van der Waals surface area contributed by atoms with Gasteiger partial charge in [0.05, 0.1) is 24.3 Å². The van der Waals surface area contributed by atoms with Gasteiger partial charge in [0.1, 0.15) is 12.0 Å². The van der Waals surface area contributed by atoms with Crippen molar-refractivity contribution in [1.82, 2.24) is 19.7 Å². The first-order chi connectivity index (χ1) is 8.09. The lowest BCUT2D eigenvalue weighted by molar-refractivity contribution is -0.116. The molecule has 0 spiro atoms. The quantitative estimate of drug-likeness (QED) is 0.755. The second-order valence-corrected chi connectivity index (χ2v) is 3.78. The summed E-state index contributed by atoms with van der Waals surface area (Å²) < 4.78 is 1.52. The molecule has 2 aromatic heterocycles. The number of hydrogen-bond donors (Lipinski definition) is 0. The number of hydrogen-bond acceptors (Lipinski definition) is 4. The van der Waals surface area contributed by atoms with Gasteiger partial charge in [0, 0.05) is 14.0 Å². The van der Waals surface area contributed by atoms with Gasteiger partial charge in [-0.05, 0) is 0 Å². The third-order valence-electron chi connectivity index (χ3n) is 2.32. The fourth-order valence-electron chi connectivity index (χ4n) is 1.26. The number of halogens is 1. The molecule has 88 valence electrons. The molecule has 0 N–H and O–H groups in total. The van der Waals surface area contributed by atoms with Gasteiger partial charge in [-0.1, -0.05) is 11.6 Å². The van der Waals surface area contributed by atoms with Crippen LogP contribution in [0, 0.1) is 0 Å². The molecule has 6 nitrogen and oxygen atoms in total. The van der Waals surface area contributed by atoms with Crippen LogP contribution in [-0.2, 0) is 4.79 Å². The molecule has 0 saturated carbocycles. The van der Waals surface area contributed by atoms with E-state index < -0.39 is 0 Å². The van der Waals surface area contributed by atoms with E-state index >= 15 is 0 Å². The highest BCUT2D eigenvalue weighted by Gasteiger charge is 2.10. The maximum Gasteiger partial charge on any atom is 0.223 e. The maximum atomic E-state index is 11.2. The Morgan fingerprint density at radius 2 is 2.24 bits per heavy atom. The van der Waals surface area contributed by atoms with Gasteiger partial charge in [0.2, 0.25) is 5.91 Å². The van der Waals surface area contributed by atoms with Gasteiger partial charge in [-0.15, -0.1) is 0 Å². The summed E-state index contributed by atoms with van der Waals surface area (Å²) in [6, 6.07) is 0. The standard InChI is InChI=1S/C10H10ClN5O/c1-7(17)15(2)8-3-14-16(5-8)9-4-12-6-13-10(9)11/h3-6H,1-2H3. The smallest absolute Gasteiger partial charge is 0.223 e. The average molecular weight is 252 g/mol. The Labute approximate surface area is 103 Å². The summed E-state index contributed by atoms with van der Waals surface area (Å²) in [6.45, 7) is 1.48. The van der Waals surface area contributed by atoms with Gasteiger partial charge in [-0.25, -0.2) is 14.6 Å². The third-order valence-corrected chi connectivity index (χ3v) is 2.61. The molecule has 0 aliphatic heterocycles. The fourth-order valence-corrected chi connectivity index (χ4v) is 1.44. The van der Waals surface area contributed by atoms with Crippen molar-refractivity contribution >= 4 is 23.2 Å². The van der Waals surface area contributed by atoms with E-state index in [9.17, 15) is 4.79 Å². The minimum atomic E-state index is -0.0695. The first-order valence-electron chi connectivity index (χ1n) is 4.84. The molecule has 17 heavy (non-hydrogen) atoms. The minimum Gasteiger partial charge on any atom is -0.313 e. The maximum absolute atomic E-state index is 11.2. The topological polar surface area (TPSA) is 63.9 Å². The molecule has 0 aliphatic carbocycles. The lowest BCUT2D eigenvalue weighted by Crippen LogP contribution is -2.22. The summed E-state index contributed by atoms with van der Waals surface area (Å²) in [5.41, 5.74) is 1.25. The van der Waals surface area contributed by atoms with Crippen molar-refractivity contribution < 1.29 is 4.79 Å². The van der Waals surface area contributed by atoms with Crippen molar-refractivity contribution in [3.8, 4) is 5.69 Å². The summed E-state index contributed by atoms with van der Waals surface area (Å²) in [5.74, 6) is -0.0695. The van der Waals surface area contributed by atoms with Crippen LogP contribution in [0.2, 0.25) is 5.15 Å². The van der Waals surface area contributed by atoms with E-state index in [2.05, 4.69) is 15.1 Å². The number of amides is 1. The van der Waals surface area contributed by atoms with Gasteiger partial charge < -0.3 is 4.90 Å². The van der Waals surface area contributed by atoms with Gasteiger partial charge in [0.15, 0.2) is 5.15 Å². The number of aromatic nitrogens is 4. The Morgan fingerprint density at radius 3 is 2.88 bits per heavy atom. The monoisotopic (exact) mass is 251 g/mol. The number of anilines is 1. The Bertz CT molecular complexity index is 553. The van der Waals surface area contributed by atoms with Crippen LogP contribution in [0.1, 0.15) is 6.92 Å². The average Bonchev–Trinajstić information content (AvgIpc) is 2.77. The molecule has 0 radical (unpaired) electrons. The first-order valence-corrected chi connectivity index (χ1v) is 5.22. The van der Waals surface area contributed by atoms with Crippen LogP contribution in [-0.4, -0.2) is 32.7 Å². The normalized spacial score (nSPS) is 10.3. The highest BCUT2D eigenvalue weighted by Crippen LogP contribution is 2.18. The molecular formula is C10H10ClN5O. The zero-order valence-corrected chi connectivity index (χ0v) is 10.1. The van der Waals surface area contributed by atoms with Crippen LogP contribution in [0.4, 0.5) is 5.69 Å². The third kappa shape index (κ3) is 2.26. The molecule has 1 amide bonds. The van der Waals surface area contributed by atoms with Crippen LogP contribution in [0.3, 0.4) is 0 Å². The highest BCUT2D eigenvalue weighted by molar-refractivity contribution is 6.31. The Hall–Kier alpha value is -1.95. The summed E-state index contributed by atoms with van der Waals surface area (Å²) in [4.78, 5) is 20.4. The number of carbonyl (C=O) groups excluding carboxylic acids is 1. The lowest BCUT2D eigenvalue weighted by atomic mass is 10.4. The van der Waals surface area contributed by atoms with Crippen molar-refractivity contribution in [2.45, 2.75) is 6.92 Å². The zero-order valence-electron chi connectivity index (χ0n) is 9.33. The highest BCUT2D eigenvalue weighted by atomic mass is 35.5. The molecule has 2 heterocycles. The summed E-state index contributed by atoms with van der Waals surface area (Å²) in [7, 11) is 1.67. The second-order valence-electron chi connectivity index (χ2n) is 3.42. The molecule has 0 fully saturated rings. The van der Waals surface area contributed by atoms with Gasteiger partial charge in [-0.2, -0.15) is 5.10 Å². The molecule has 2 aromatic rings. The Balaban J connectivity index is 2.37. The van der Waals surface area contributed by atoms with E-state index in [4.69, 9.17) is 11.6 Å². The molecule has 0 atom stereocenters. The molecule has 0 aliphatic rings. The summed E-state index contributed by atoms with van der Waals surface area (Å²) in [5, 5.41) is 4.41. The van der Waals surface area contributed by atoms with E-state index in [1.54, 1.807) is 25.6 Å². The second kappa shape index (κ2) is 4.50. The largest absolute Gasteiger partial charge is 0.313 e.